The maximum atomic E-state index is 12.0. The van der Waals surface area contributed by atoms with Crippen LogP contribution in [0, 0.1) is 5.41 Å². The molecule has 1 amide bonds. The molecule has 22 heavy (non-hydrogen) atoms. The molecule has 122 valence electrons. The highest BCUT2D eigenvalue weighted by Gasteiger charge is 2.25. The van der Waals surface area contributed by atoms with Gasteiger partial charge in [0.2, 0.25) is 0 Å². The Bertz CT molecular complexity index is 531. The Labute approximate surface area is 136 Å². The fraction of sp³-hybridized carbons (Fsp3) is 0.500. The van der Waals surface area contributed by atoms with Crippen LogP contribution in [0.5, 0.6) is 0 Å². The molecule has 1 rings (SSSR count). The Balaban J connectivity index is 2.54. The van der Waals surface area contributed by atoms with E-state index < -0.39 is 17.5 Å². The predicted octanol–water partition coefficient (Wildman–Crippen LogP) is 3.61. The van der Waals surface area contributed by atoms with E-state index in [1.54, 1.807) is 38.2 Å². The summed E-state index contributed by atoms with van der Waals surface area (Å²) in [6.45, 7) is 6.50. The molecule has 0 aliphatic rings. The minimum absolute atomic E-state index is 0.183. The van der Waals surface area contributed by atoms with Gasteiger partial charge >= 0.3 is 12.1 Å². The normalized spacial score (nSPS) is 11.0. The lowest BCUT2D eigenvalue weighted by Gasteiger charge is -2.29. The van der Waals surface area contributed by atoms with E-state index in [2.05, 4.69) is 0 Å². The number of esters is 1. The molecule has 0 radical (unpaired) electrons. The summed E-state index contributed by atoms with van der Waals surface area (Å²) in [6.07, 6.45) is -0.392. The van der Waals surface area contributed by atoms with E-state index in [9.17, 15) is 9.59 Å². The number of amides is 1. The molecular formula is C16H22ClNO4. The lowest BCUT2D eigenvalue weighted by molar-refractivity contribution is 0.0276. The maximum absolute atomic E-state index is 12.0. The third-order valence-corrected chi connectivity index (χ3v) is 3.13. The molecule has 1 aromatic carbocycles. The van der Waals surface area contributed by atoms with Crippen LogP contribution in [-0.2, 0) is 9.47 Å². The highest BCUT2D eigenvalue weighted by molar-refractivity contribution is 6.30. The first-order valence-corrected chi connectivity index (χ1v) is 7.43. The number of halogens is 1. The Kier molecular flexibility index (Phi) is 6.68. The van der Waals surface area contributed by atoms with Crippen molar-refractivity contribution >= 4 is 23.7 Å². The molecule has 0 spiro atoms. The van der Waals surface area contributed by atoms with Gasteiger partial charge in [-0.25, -0.2) is 9.59 Å². The highest BCUT2D eigenvalue weighted by Crippen LogP contribution is 2.19. The first kappa shape index (κ1) is 18.3. The Morgan fingerprint density at radius 1 is 1.27 bits per heavy atom. The van der Waals surface area contributed by atoms with Gasteiger partial charge in [-0.15, -0.1) is 0 Å². The summed E-state index contributed by atoms with van der Waals surface area (Å²) in [4.78, 5) is 25.0. The SMILES string of the molecule is CCOC(=O)N(C)CC(C)(C)COC(=O)c1cccc(Cl)c1. The number of nitrogens with zero attached hydrogens (tertiary/aromatic N) is 1. The van der Waals surface area contributed by atoms with Crippen molar-refractivity contribution in [1.82, 2.24) is 4.90 Å². The van der Waals surface area contributed by atoms with Gasteiger partial charge in [0.25, 0.3) is 0 Å². The average molecular weight is 328 g/mol. The van der Waals surface area contributed by atoms with Gasteiger partial charge in [-0.05, 0) is 25.1 Å². The summed E-state index contributed by atoms with van der Waals surface area (Å²) in [7, 11) is 1.65. The molecule has 0 saturated heterocycles. The number of rotatable bonds is 6. The van der Waals surface area contributed by atoms with Crippen LogP contribution in [0.3, 0.4) is 0 Å². The van der Waals surface area contributed by atoms with Crippen LogP contribution in [0.1, 0.15) is 31.1 Å². The van der Waals surface area contributed by atoms with E-state index in [-0.39, 0.29) is 6.61 Å². The number of hydrogen-bond acceptors (Lipinski definition) is 4. The summed E-state index contributed by atoms with van der Waals surface area (Å²) >= 11 is 5.85. The molecule has 0 heterocycles. The number of hydrogen-bond donors (Lipinski definition) is 0. The smallest absolute Gasteiger partial charge is 0.409 e. The van der Waals surface area contributed by atoms with Gasteiger partial charge in [0.1, 0.15) is 0 Å². The van der Waals surface area contributed by atoms with Crippen LogP contribution in [0.15, 0.2) is 24.3 Å². The summed E-state index contributed by atoms with van der Waals surface area (Å²) in [5.41, 5.74) is 0.0116. The average Bonchev–Trinajstić information content (AvgIpc) is 2.44. The third-order valence-electron chi connectivity index (χ3n) is 2.90. The lowest BCUT2D eigenvalue weighted by Crippen LogP contribution is -2.39. The largest absolute Gasteiger partial charge is 0.461 e. The fourth-order valence-corrected chi connectivity index (χ4v) is 2.14. The zero-order valence-electron chi connectivity index (χ0n) is 13.4. The van der Waals surface area contributed by atoms with Crippen molar-refractivity contribution in [2.45, 2.75) is 20.8 Å². The molecule has 0 bridgehead atoms. The molecular weight excluding hydrogens is 306 g/mol. The van der Waals surface area contributed by atoms with Gasteiger partial charge in [0.15, 0.2) is 0 Å². The molecule has 5 nitrogen and oxygen atoms in total. The topological polar surface area (TPSA) is 55.8 Å². The van der Waals surface area contributed by atoms with E-state index in [0.717, 1.165) is 0 Å². The summed E-state index contributed by atoms with van der Waals surface area (Å²) < 4.78 is 10.2. The van der Waals surface area contributed by atoms with Gasteiger partial charge in [-0.3, -0.25) is 0 Å². The van der Waals surface area contributed by atoms with Crippen molar-refractivity contribution in [2.24, 2.45) is 5.41 Å². The van der Waals surface area contributed by atoms with Gasteiger partial charge in [0, 0.05) is 24.0 Å². The zero-order chi connectivity index (χ0) is 16.8. The van der Waals surface area contributed by atoms with Crippen LogP contribution in [-0.4, -0.2) is 43.8 Å². The quantitative estimate of drug-likeness (QED) is 0.749. The molecule has 0 N–H and O–H groups in total. The third kappa shape index (κ3) is 5.93. The Morgan fingerprint density at radius 3 is 2.55 bits per heavy atom. The van der Waals surface area contributed by atoms with E-state index in [1.165, 1.54) is 4.90 Å². The van der Waals surface area contributed by atoms with Crippen LogP contribution in [0.2, 0.25) is 5.02 Å². The van der Waals surface area contributed by atoms with Crippen molar-refractivity contribution in [3.63, 3.8) is 0 Å². The minimum atomic E-state index is -0.436. The molecule has 1 aromatic rings. The number of benzene rings is 1. The molecule has 0 atom stereocenters. The predicted molar refractivity (Wildman–Crippen MR) is 85.2 cm³/mol. The van der Waals surface area contributed by atoms with Gasteiger partial charge in [0.05, 0.1) is 18.8 Å². The van der Waals surface area contributed by atoms with E-state index in [1.807, 2.05) is 13.8 Å². The van der Waals surface area contributed by atoms with Crippen molar-refractivity contribution in [3.05, 3.63) is 34.9 Å². The molecule has 0 aliphatic heterocycles. The van der Waals surface area contributed by atoms with Crippen molar-refractivity contribution in [2.75, 3.05) is 26.8 Å². The van der Waals surface area contributed by atoms with Gasteiger partial charge in [-0.2, -0.15) is 0 Å². The number of carbonyl (C=O) groups excluding carboxylic acids is 2. The molecule has 0 fully saturated rings. The Morgan fingerprint density at radius 2 is 1.95 bits per heavy atom. The fourth-order valence-electron chi connectivity index (χ4n) is 1.95. The van der Waals surface area contributed by atoms with E-state index in [4.69, 9.17) is 21.1 Å². The van der Waals surface area contributed by atoms with Crippen LogP contribution in [0.25, 0.3) is 0 Å². The van der Waals surface area contributed by atoms with Crippen molar-refractivity contribution in [3.8, 4) is 0 Å². The van der Waals surface area contributed by atoms with Crippen molar-refractivity contribution in [1.29, 1.82) is 0 Å². The van der Waals surface area contributed by atoms with Crippen LogP contribution < -0.4 is 0 Å². The lowest BCUT2D eigenvalue weighted by atomic mass is 9.94. The summed E-state index contributed by atoms with van der Waals surface area (Å²) in [5.74, 6) is -0.436. The second kappa shape index (κ2) is 8.03. The van der Waals surface area contributed by atoms with Gasteiger partial charge in [-0.1, -0.05) is 31.5 Å². The van der Waals surface area contributed by atoms with E-state index in [0.29, 0.717) is 23.7 Å². The van der Waals surface area contributed by atoms with E-state index >= 15 is 0 Å². The van der Waals surface area contributed by atoms with Gasteiger partial charge < -0.3 is 14.4 Å². The second-order valence-corrected chi connectivity index (χ2v) is 6.24. The minimum Gasteiger partial charge on any atom is -0.461 e. The summed E-state index contributed by atoms with van der Waals surface area (Å²) in [5, 5.41) is 0.482. The second-order valence-electron chi connectivity index (χ2n) is 5.81. The van der Waals surface area contributed by atoms with Crippen molar-refractivity contribution < 1.29 is 19.1 Å². The Hall–Kier alpha value is -1.75. The first-order chi connectivity index (χ1) is 10.2. The molecule has 0 aliphatic carbocycles. The number of carbonyl (C=O) groups is 2. The zero-order valence-corrected chi connectivity index (χ0v) is 14.1. The number of ether oxygens (including phenoxy) is 2. The maximum Gasteiger partial charge on any atom is 0.409 e. The molecule has 6 heteroatoms. The van der Waals surface area contributed by atoms with Crippen LogP contribution in [0.4, 0.5) is 4.79 Å². The monoisotopic (exact) mass is 327 g/mol. The first-order valence-electron chi connectivity index (χ1n) is 7.06. The highest BCUT2D eigenvalue weighted by atomic mass is 35.5. The summed E-state index contributed by atoms with van der Waals surface area (Å²) in [6, 6.07) is 6.59. The standard InChI is InChI=1S/C16H22ClNO4/c1-5-21-15(20)18(4)10-16(2,3)11-22-14(19)12-7-6-8-13(17)9-12/h6-9H,5,10-11H2,1-4H3. The molecule has 0 saturated carbocycles. The van der Waals surface area contributed by atoms with Crippen LogP contribution >= 0.6 is 11.6 Å². The molecule has 0 aromatic heterocycles. The molecule has 0 unspecified atom stereocenters.